The van der Waals surface area contributed by atoms with E-state index in [1.165, 1.54) is 0 Å². The molecule has 0 aliphatic carbocycles. The zero-order chi connectivity index (χ0) is 21.9. The molecule has 29 heavy (non-hydrogen) atoms. The van der Waals surface area contributed by atoms with Crippen molar-refractivity contribution >= 4 is 24.1 Å². The van der Waals surface area contributed by atoms with Gasteiger partial charge < -0.3 is 41.2 Å². The first-order valence-electron chi connectivity index (χ1n) is 8.35. The van der Waals surface area contributed by atoms with Crippen LogP contribution in [0.5, 0.6) is 0 Å². The molecule has 2 heterocycles. The molecule has 0 aromatic carbocycles. The van der Waals surface area contributed by atoms with Crippen LogP contribution in [0.2, 0.25) is 0 Å². The van der Waals surface area contributed by atoms with E-state index in [2.05, 4.69) is 4.98 Å². The summed E-state index contributed by atoms with van der Waals surface area (Å²) in [6.07, 6.45) is -5.94. The summed E-state index contributed by atoms with van der Waals surface area (Å²) in [6, 6.07) is -3.21. The molecule has 8 N–H and O–H groups in total. The van der Waals surface area contributed by atoms with Gasteiger partial charge in [-0.3, -0.25) is 19.0 Å². The lowest BCUT2D eigenvalue weighted by atomic mass is 10.0. The van der Waals surface area contributed by atoms with E-state index in [4.69, 9.17) is 20.7 Å². The molecule has 0 bridgehead atoms. The van der Waals surface area contributed by atoms with Crippen LogP contribution in [0.1, 0.15) is 29.6 Å². The molecule has 0 saturated carbocycles. The van der Waals surface area contributed by atoms with Gasteiger partial charge in [-0.05, 0) is 6.42 Å². The lowest BCUT2D eigenvalue weighted by molar-refractivity contribution is -0.144. The number of nitrogens with two attached hydrogens (primary N) is 1. The number of carboxylic acid groups (broad SMARTS) is 2. The molecular weight excluding hydrogens is 396 g/mol. The summed E-state index contributed by atoms with van der Waals surface area (Å²) in [5.41, 5.74) is 4.79. The highest BCUT2D eigenvalue weighted by molar-refractivity contribution is 5.87. The summed E-state index contributed by atoms with van der Waals surface area (Å²) >= 11 is 0. The molecule has 0 spiro atoms. The Bertz CT molecular complexity index is 848. The maximum Gasteiger partial charge on any atom is 0.328 e. The van der Waals surface area contributed by atoms with Crippen LogP contribution in [-0.4, -0.2) is 84.5 Å². The van der Waals surface area contributed by atoms with Gasteiger partial charge in [0.05, 0.1) is 5.69 Å². The minimum atomic E-state index is -1.72. The predicted molar refractivity (Wildman–Crippen MR) is 90.8 cm³/mol. The van der Waals surface area contributed by atoms with Crippen molar-refractivity contribution in [1.82, 2.24) is 14.9 Å². The number of aliphatic hydroxyl groups is 2. The Morgan fingerprint density at radius 2 is 1.97 bits per heavy atom. The molecule has 2 rings (SSSR count). The number of hydrogen-bond donors (Lipinski definition) is 7. The molecule has 6 atom stereocenters. The third-order valence-corrected chi connectivity index (χ3v) is 4.36. The fourth-order valence-electron chi connectivity index (χ4n) is 2.83. The molecule has 14 nitrogen and oxygen atoms in total. The van der Waals surface area contributed by atoms with Crippen LogP contribution in [-0.2, 0) is 19.1 Å². The Balaban J connectivity index is 2.12. The van der Waals surface area contributed by atoms with Crippen LogP contribution >= 0.6 is 0 Å². The minimum Gasteiger partial charge on any atom is -0.481 e. The Labute approximate surface area is 161 Å². The summed E-state index contributed by atoms with van der Waals surface area (Å²) in [7, 11) is 0. The number of aliphatic hydroxyl groups excluding tert-OH is 2. The molecule has 1 fully saturated rings. The van der Waals surface area contributed by atoms with Crippen molar-refractivity contribution in [3.05, 3.63) is 22.4 Å². The SMILES string of the molecule is NC(C(=O)N[C@@H](CCC(=O)O)C(=O)O)C1O[C@H](n2cc(C=O)[nH]c2=O)[C@@H](O)[C@H]1O. The third kappa shape index (κ3) is 4.86. The number of ether oxygens (including phenoxy) is 1. The van der Waals surface area contributed by atoms with E-state index in [9.17, 15) is 34.2 Å². The van der Waals surface area contributed by atoms with Crippen molar-refractivity contribution in [2.45, 2.75) is 49.5 Å². The van der Waals surface area contributed by atoms with Gasteiger partial charge in [-0.25, -0.2) is 9.59 Å². The first kappa shape index (κ1) is 22.2. The summed E-state index contributed by atoms with van der Waals surface area (Å²) in [5, 5.41) is 40.1. The fourth-order valence-corrected chi connectivity index (χ4v) is 2.83. The monoisotopic (exact) mass is 416 g/mol. The van der Waals surface area contributed by atoms with Crippen molar-refractivity contribution < 1.29 is 44.3 Å². The number of imidazole rings is 1. The topological polar surface area (TPSA) is 234 Å². The van der Waals surface area contributed by atoms with Crippen LogP contribution < -0.4 is 16.7 Å². The number of nitrogens with zero attached hydrogens (tertiary/aromatic N) is 1. The zero-order valence-electron chi connectivity index (χ0n) is 14.8. The number of aromatic nitrogens is 2. The van der Waals surface area contributed by atoms with E-state index in [0.29, 0.717) is 6.29 Å². The molecule has 160 valence electrons. The number of hydrogen-bond acceptors (Lipinski definition) is 9. The van der Waals surface area contributed by atoms with Gasteiger partial charge in [-0.1, -0.05) is 0 Å². The molecule has 1 aliphatic rings. The summed E-state index contributed by atoms with van der Waals surface area (Å²) in [4.78, 5) is 58.8. The van der Waals surface area contributed by atoms with Gasteiger partial charge in [0.25, 0.3) is 0 Å². The second-order valence-electron chi connectivity index (χ2n) is 6.37. The molecule has 0 radical (unpaired) electrons. The minimum absolute atomic E-state index is 0.117. The number of nitrogens with one attached hydrogen (secondary N) is 2. The molecule has 14 heteroatoms. The fraction of sp³-hybridized carbons (Fsp3) is 0.533. The Morgan fingerprint density at radius 3 is 2.48 bits per heavy atom. The number of aliphatic carboxylic acids is 2. The van der Waals surface area contributed by atoms with Crippen LogP contribution in [0.25, 0.3) is 0 Å². The second kappa shape index (κ2) is 8.95. The maximum absolute atomic E-state index is 12.3. The van der Waals surface area contributed by atoms with Crippen molar-refractivity contribution in [1.29, 1.82) is 0 Å². The Kier molecular flexibility index (Phi) is 6.86. The van der Waals surface area contributed by atoms with Crippen LogP contribution in [0, 0.1) is 0 Å². The first-order valence-corrected chi connectivity index (χ1v) is 8.35. The van der Waals surface area contributed by atoms with E-state index >= 15 is 0 Å². The zero-order valence-corrected chi connectivity index (χ0v) is 14.8. The number of H-pyrrole nitrogens is 1. The van der Waals surface area contributed by atoms with Crippen LogP contribution in [0.15, 0.2) is 11.0 Å². The number of rotatable bonds is 9. The number of carbonyl (C=O) groups is 4. The molecular formula is C15H20N4O10. The number of aromatic amines is 1. The van der Waals surface area contributed by atoms with Gasteiger partial charge >= 0.3 is 17.6 Å². The van der Waals surface area contributed by atoms with Crippen molar-refractivity contribution in [3.8, 4) is 0 Å². The van der Waals surface area contributed by atoms with Gasteiger partial charge in [0.1, 0.15) is 30.4 Å². The number of carbonyl (C=O) groups excluding carboxylic acids is 2. The lowest BCUT2D eigenvalue weighted by Gasteiger charge is -2.23. The predicted octanol–water partition coefficient (Wildman–Crippen LogP) is -3.63. The quantitative estimate of drug-likeness (QED) is 0.194. The van der Waals surface area contributed by atoms with Crippen LogP contribution in [0.3, 0.4) is 0 Å². The molecule has 1 aromatic rings. The number of carboxylic acids is 2. The van der Waals surface area contributed by atoms with Gasteiger partial charge in [0, 0.05) is 12.6 Å². The van der Waals surface area contributed by atoms with Gasteiger partial charge in [-0.2, -0.15) is 0 Å². The van der Waals surface area contributed by atoms with Crippen LogP contribution in [0.4, 0.5) is 0 Å². The summed E-state index contributed by atoms with van der Waals surface area (Å²) in [5.74, 6) is -3.82. The number of aldehydes is 1. The van der Waals surface area contributed by atoms with E-state index in [1.54, 1.807) is 0 Å². The van der Waals surface area contributed by atoms with E-state index in [0.717, 1.165) is 10.8 Å². The molecule has 1 saturated heterocycles. The largest absolute Gasteiger partial charge is 0.481 e. The van der Waals surface area contributed by atoms with E-state index in [-0.39, 0.29) is 5.69 Å². The van der Waals surface area contributed by atoms with E-state index in [1.807, 2.05) is 5.32 Å². The average molecular weight is 416 g/mol. The standard InChI is InChI=1S/C15H20N4O10/c16-8(12(25)18-6(14(26)27)1-2-7(21)22)11-9(23)10(24)13(29-11)19-3-5(4-20)17-15(19)28/h3-4,6,8-11,13,23-24H,1-2,16H2,(H,17,28)(H,18,25)(H,21,22)(H,26,27)/t6-,8?,9+,10-,11?,13-/m0/s1. The highest BCUT2D eigenvalue weighted by atomic mass is 16.6. The summed E-state index contributed by atoms with van der Waals surface area (Å²) in [6.45, 7) is 0. The first-order chi connectivity index (χ1) is 13.6. The lowest BCUT2D eigenvalue weighted by Crippen LogP contribution is -2.55. The molecule has 2 unspecified atom stereocenters. The Hall–Kier alpha value is -3.07. The molecule has 1 amide bonds. The van der Waals surface area contributed by atoms with Gasteiger partial charge in [-0.15, -0.1) is 0 Å². The maximum atomic E-state index is 12.3. The summed E-state index contributed by atoms with van der Waals surface area (Å²) < 4.78 is 6.13. The highest BCUT2D eigenvalue weighted by Gasteiger charge is 2.48. The van der Waals surface area contributed by atoms with Gasteiger partial charge in [0.15, 0.2) is 12.5 Å². The third-order valence-electron chi connectivity index (χ3n) is 4.36. The van der Waals surface area contributed by atoms with Gasteiger partial charge in [0.2, 0.25) is 5.91 Å². The Morgan fingerprint density at radius 1 is 1.31 bits per heavy atom. The molecule has 1 aliphatic heterocycles. The van der Waals surface area contributed by atoms with Crippen molar-refractivity contribution in [3.63, 3.8) is 0 Å². The second-order valence-corrected chi connectivity index (χ2v) is 6.37. The average Bonchev–Trinajstić information content (AvgIpc) is 3.17. The van der Waals surface area contributed by atoms with E-state index < -0.39 is 73.0 Å². The molecule has 1 aromatic heterocycles. The highest BCUT2D eigenvalue weighted by Crippen LogP contribution is 2.30. The number of amides is 1. The normalized spacial score (nSPS) is 25.9. The smallest absolute Gasteiger partial charge is 0.328 e. The van der Waals surface area contributed by atoms with Crippen molar-refractivity contribution in [2.24, 2.45) is 5.73 Å². The van der Waals surface area contributed by atoms with Crippen molar-refractivity contribution in [2.75, 3.05) is 0 Å².